The maximum Gasteiger partial charge on any atom is 0.310 e. The molecule has 2 heterocycles. The van der Waals surface area contributed by atoms with Crippen molar-refractivity contribution in [3.63, 3.8) is 0 Å². The smallest absolute Gasteiger partial charge is 0.310 e. The molecule has 1 aromatic heterocycles. The molecule has 1 aliphatic heterocycles. The van der Waals surface area contributed by atoms with Crippen molar-refractivity contribution >= 4 is 17.3 Å². The first-order chi connectivity index (χ1) is 9.29. The summed E-state index contributed by atoms with van der Waals surface area (Å²) in [5.41, 5.74) is 1.14. The highest BCUT2D eigenvalue weighted by molar-refractivity contribution is 7.09. The lowest BCUT2D eigenvalue weighted by Gasteiger charge is -2.25. The second kappa shape index (κ2) is 5.79. The zero-order valence-electron chi connectivity index (χ0n) is 12.4. The quantitative estimate of drug-likeness (QED) is 0.921. The predicted octanol–water partition coefficient (Wildman–Crippen LogP) is 1.97. The van der Waals surface area contributed by atoms with Gasteiger partial charge in [-0.25, -0.2) is 4.98 Å². The average Bonchev–Trinajstić information content (AvgIpc) is 2.95. The minimum absolute atomic E-state index is 0.0490. The lowest BCUT2D eigenvalue weighted by Crippen LogP contribution is -2.40. The molecule has 1 fully saturated rings. The van der Waals surface area contributed by atoms with Gasteiger partial charge in [0.2, 0.25) is 0 Å². The van der Waals surface area contributed by atoms with Crippen LogP contribution in [0.1, 0.15) is 31.5 Å². The summed E-state index contributed by atoms with van der Waals surface area (Å²) in [6.07, 6.45) is 0. The third-order valence-corrected chi connectivity index (χ3v) is 4.47. The molecule has 0 amide bonds. The molecule has 2 atom stereocenters. The zero-order chi connectivity index (χ0) is 14.9. The Bertz CT molecular complexity index is 481. The van der Waals surface area contributed by atoms with E-state index in [4.69, 9.17) is 4.74 Å². The fraction of sp³-hybridized carbons (Fsp3) is 0.714. The van der Waals surface area contributed by atoms with Crippen LogP contribution in [0.2, 0.25) is 0 Å². The largest absolute Gasteiger partial charge is 0.481 e. The third-order valence-electron chi connectivity index (χ3n) is 3.64. The van der Waals surface area contributed by atoms with Gasteiger partial charge < -0.3 is 9.84 Å². The van der Waals surface area contributed by atoms with Crippen molar-refractivity contribution in [2.45, 2.75) is 38.8 Å². The van der Waals surface area contributed by atoms with E-state index in [0.29, 0.717) is 19.8 Å². The predicted molar refractivity (Wildman–Crippen MR) is 78.0 cm³/mol. The van der Waals surface area contributed by atoms with Gasteiger partial charge in [0.15, 0.2) is 0 Å². The highest BCUT2D eigenvalue weighted by atomic mass is 32.1. The Morgan fingerprint density at radius 2 is 2.25 bits per heavy atom. The van der Waals surface area contributed by atoms with Crippen LogP contribution in [0.15, 0.2) is 5.38 Å². The molecule has 2 rings (SSSR count). The van der Waals surface area contributed by atoms with Gasteiger partial charge in [-0.2, -0.15) is 0 Å². The lowest BCUT2D eigenvalue weighted by molar-refractivity contribution is -0.143. The summed E-state index contributed by atoms with van der Waals surface area (Å²) in [5.74, 6) is -1.23. The Hall–Kier alpha value is -0.980. The first-order valence-corrected chi connectivity index (χ1v) is 7.62. The normalized spacial score (nSPS) is 23.4. The van der Waals surface area contributed by atoms with Gasteiger partial charge in [-0.05, 0) is 7.05 Å². The second-order valence-electron chi connectivity index (χ2n) is 6.34. The fourth-order valence-electron chi connectivity index (χ4n) is 2.27. The number of likely N-dealkylation sites (N-methyl/N-ethyl adjacent to an activating group) is 1. The summed E-state index contributed by atoms with van der Waals surface area (Å²) >= 11 is 1.63. The van der Waals surface area contributed by atoms with Crippen LogP contribution in [-0.4, -0.2) is 47.3 Å². The summed E-state index contributed by atoms with van der Waals surface area (Å²) in [5, 5.41) is 12.3. The van der Waals surface area contributed by atoms with Crippen molar-refractivity contribution < 1.29 is 14.6 Å². The first-order valence-electron chi connectivity index (χ1n) is 6.74. The number of ether oxygens (including phenoxy) is 1. The van der Waals surface area contributed by atoms with Gasteiger partial charge in [-0.15, -0.1) is 11.3 Å². The van der Waals surface area contributed by atoms with E-state index in [2.05, 4.69) is 31.1 Å². The van der Waals surface area contributed by atoms with Crippen molar-refractivity contribution in [2.24, 2.45) is 5.92 Å². The molecule has 0 aromatic carbocycles. The van der Waals surface area contributed by atoms with Crippen LogP contribution in [0.3, 0.4) is 0 Å². The van der Waals surface area contributed by atoms with Crippen LogP contribution in [0, 0.1) is 5.92 Å². The molecule has 20 heavy (non-hydrogen) atoms. The summed E-state index contributed by atoms with van der Waals surface area (Å²) < 4.78 is 5.31. The number of nitrogens with zero attached hydrogens (tertiary/aromatic N) is 2. The van der Waals surface area contributed by atoms with Crippen LogP contribution in [-0.2, 0) is 21.5 Å². The van der Waals surface area contributed by atoms with Gasteiger partial charge in [0.1, 0.15) is 5.01 Å². The molecule has 0 radical (unpaired) electrons. The lowest BCUT2D eigenvalue weighted by atomic mass is 9.93. The Morgan fingerprint density at radius 3 is 2.80 bits per heavy atom. The van der Waals surface area contributed by atoms with Crippen LogP contribution in [0.4, 0.5) is 0 Å². The van der Waals surface area contributed by atoms with Crippen molar-refractivity contribution in [3.8, 4) is 0 Å². The molecule has 5 nitrogen and oxygen atoms in total. The Morgan fingerprint density at radius 1 is 1.55 bits per heavy atom. The Kier molecular flexibility index (Phi) is 4.46. The molecule has 0 bridgehead atoms. The number of rotatable bonds is 4. The van der Waals surface area contributed by atoms with E-state index in [1.807, 2.05) is 11.9 Å². The summed E-state index contributed by atoms with van der Waals surface area (Å²) in [6.45, 7) is 7.86. The molecule has 2 unspecified atom stereocenters. The van der Waals surface area contributed by atoms with Gasteiger partial charge in [0, 0.05) is 16.8 Å². The number of aliphatic carboxylic acids is 1. The summed E-state index contributed by atoms with van der Waals surface area (Å²) in [7, 11) is 1.94. The van der Waals surface area contributed by atoms with Crippen molar-refractivity contribution in [1.29, 1.82) is 0 Å². The molecular formula is C14H22N2O3S. The van der Waals surface area contributed by atoms with E-state index in [0.717, 1.165) is 10.7 Å². The minimum Gasteiger partial charge on any atom is -0.481 e. The van der Waals surface area contributed by atoms with Crippen molar-refractivity contribution in [2.75, 3.05) is 20.3 Å². The molecule has 0 saturated carbocycles. The van der Waals surface area contributed by atoms with Gasteiger partial charge in [-0.1, -0.05) is 20.8 Å². The van der Waals surface area contributed by atoms with Crippen LogP contribution in [0.25, 0.3) is 0 Å². The number of carboxylic acids is 1. The maximum absolute atomic E-state index is 11.2. The van der Waals surface area contributed by atoms with E-state index in [1.165, 1.54) is 0 Å². The van der Waals surface area contributed by atoms with E-state index < -0.39 is 11.9 Å². The van der Waals surface area contributed by atoms with Crippen molar-refractivity contribution in [1.82, 2.24) is 9.88 Å². The van der Waals surface area contributed by atoms with E-state index in [1.54, 1.807) is 11.3 Å². The number of carboxylic acid groups (broad SMARTS) is 1. The topological polar surface area (TPSA) is 62.7 Å². The maximum atomic E-state index is 11.2. The van der Waals surface area contributed by atoms with Gasteiger partial charge >= 0.3 is 5.97 Å². The second-order valence-corrected chi connectivity index (χ2v) is 7.28. The number of carbonyl (C=O) groups is 1. The fourth-order valence-corrected chi connectivity index (χ4v) is 3.36. The summed E-state index contributed by atoms with van der Waals surface area (Å²) in [6, 6.07) is -0.0745. The molecule has 6 heteroatoms. The monoisotopic (exact) mass is 298 g/mol. The highest BCUT2D eigenvalue weighted by Crippen LogP contribution is 2.26. The Labute approximate surface area is 123 Å². The third kappa shape index (κ3) is 3.37. The molecule has 0 spiro atoms. The molecule has 1 saturated heterocycles. The molecular weight excluding hydrogens is 276 g/mol. The molecule has 1 N–H and O–H groups in total. The van der Waals surface area contributed by atoms with E-state index >= 15 is 0 Å². The van der Waals surface area contributed by atoms with E-state index in [-0.39, 0.29) is 11.5 Å². The van der Waals surface area contributed by atoms with Crippen LogP contribution < -0.4 is 0 Å². The van der Waals surface area contributed by atoms with Gasteiger partial charge in [-0.3, -0.25) is 9.69 Å². The van der Waals surface area contributed by atoms with Gasteiger partial charge in [0.05, 0.1) is 31.4 Å². The number of hydrogen-bond donors (Lipinski definition) is 1. The van der Waals surface area contributed by atoms with E-state index in [9.17, 15) is 9.90 Å². The number of hydrogen-bond acceptors (Lipinski definition) is 5. The standard InChI is InChI=1S/C14H22N2O3S/c1-14(2,3)11-8-20-12(15-11)5-16(4)10-7-19-6-9(10)13(17)18/h8-10H,5-7H2,1-4H3,(H,17,18). The summed E-state index contributed by atoms with van der Waals surface area (Å²) in [4.78, 5) is 17.9. The zero-order valence-corrected chi connectivity index (χ0v) is 13.2. The van der Waals surface area contributed by atoms with Gasteiger partial charge in [0.25, 0.3) is 0 Å². The molecule has 1 aliphatic rings. The SMILES string of the molecule is CN(Cc1nc(C(C)(C)C)cs1)C1COCC1C(=O)O. The molecule has 1 aromatic rings. The number of thiazole rings is 1. The highest BCUT2D eigenvalue weighted by Gasteiger charge is 2.36. The number of aromatic nitrogens is 1. The van der Waals surface area contributed by atoms with Crippen molar-refractivity contribution in [3.05, 3.63) is 16.1 Å². The molecule has 0 aliphatic carbocycles. The van der Waals surface area contributed by atoms with Crippen LogP contribution in [0.5, 0.6) is 0 Å². The average molecular weight is 298 g/mol. The minimum atomic E-state index is -0.783. The Balaban J connectivity index is 2.02. The first kappa shape index (κ1) is 15.4. The molecule has 112 valence electrons. The van der Waals surface area contributed by atoms with Crippen LogP contribution >= 0.6 is 11.3 Å².